The summed E-state index contributed by atoms with van der Waals surface area (Å²) in [5.74, 6) is 0.503. The molecule has 0 bridgehead atoms. The quantitative estimate of drug-likeness (QED) is 0.468. The highest BCUT2D eigenvalue weighted by Crippen LogP contribution is 2.27. The topological polar surface area (TPSA) is 35.5 Å². The lowest BCUT2D eigenvalue weighted by molar-refractivity contribution is -0.128. The Hall–Kier alpha value is -1.97. The second kappa shape index (κ2) is 7.16. The second-order valence-electron chi connectivity index (χ2n) is 4.10. The van der Waals surface area contributed by atoms with Gasteiger partial charge in [-0.25, -0.2) is 4.79 Å². The van der Waals surface area contributed by atoms with Crippen LogP contribution in [-0.4, -0.2) is 13.1 Å². The molecule has 0 saturated heterocycles. The van der Waals surface area contributed by atoms with E-state index in [9.17, 15) is 4.79 Å². The van der Waals surface area contributed by atoms with Gasteiger partial charge in [0.2, 0.25) is 0 Å². The van der Waals surface area contributed by atoms with Gasteiger partial charge in [0.1, 0.15) is 11.5 Å². The van der Waals surface area contributed by atoms with Crippen molar-refractivity contribution in [2.75, 3.05) is 7.11 Å². The molecule has 0 aliphatic carbocycles. The van der Waals surface area contributed by atoms with Crippen molar-refractivity contribution < 1.29 is 14.3 Å². The molecule has 0 unspecified atom stereocenters. The van der Waals surface area contributed by atoms with Crippen LogP contribution in [0.3, 0.4) is 0 Å². The van der Waals surface area contributed by atoms with Crippen molar-refractivity contribution in [1.82, 2.24) is 0 Å². The van der Waals surface area contributed by atoms with Crippen LogP contribution in [0.1, 0.15) is 5.56 Å². The first kappa shape index (κ1) is 15.4. The Kier molecular flexibility index (Phi) is 5.26. The molecule has 0 saturated carbocycles. The highest BCUT2D eigenvalue weighted by molar-refractivity contribution is 6.35. The average molecular weight is 323 g/mol. The molecule has 0 N–H and O–H groups in total. The molecule has 0 aliphatic heterocycles. The maximum Gasteiger partial charge on any atom is 0.336 e. The van der Waals surface area contributed by atoms with Crippen LogP contribution in [0.15, 0.2) is 48.5 Å². The number of methoxy groups -OCH3 is 1. The van der Waals surface area contributed by atoms with Crippen molar-refractivity contribution in [3.8, 4) is 11.5 Å². The Labute approximate surface area is 132 Å². The summed E-state index contributed by atoms with van der Waals surface area (Å²) in [5, 5.41) is 0.766. The maximum absolute atomic E-state index is 11.7. The van der Waals surface area contributed by atoms with Crippen molar-refractivity contribution in [2.45, 2.75) is 0 Å². The SMILES string of the molecule is COc1ccc(C=CC(=O)Oc2ccc(Cl)cc2Cl)cc1. The van der Waals surface area contributed by atoms with Crippen LogP contribution < -0.4 is 9.47 Å². The van der Waals surface area contributed by atoms with Gasteiger partial charge in [-0.1, -0.05) is 35.3 Å². The number of rotatable bonds is 4. The number of hydrogen-bond acceptors (Lipinski definition) is 3. The van der Waals surface area contributed by atoms with Crippen LogP contribution in [0.4, 0.5) is 0 Å². The van der Waals surface area contributed by atoms with Gasteiger partial charge in [-0.2, -0.15) is 0 Å². The van der Waals surface area contributed by atoms with Crippen molar-refractivity contribution in [2.24, 2.45) is 0 Å². The van der Waals surface area contributed by atoms with Gasteiger partial charge in [-0.15, -0.1) is 0 Å². The number of halogens is 2. The molecule has 0 atom stereocenters. The van der Waals surface area contributed by atoms with E-state index in [0.717, 1.165) is 11.3 Å². The smallest absolute Gasteiger partial charge is 0.336 e. The summed E-state index contributed by atoms with van der Waals surface area (Å²) >= 11 is 11.7. The summed E-state index contributed by atoms with van der Waals surface area (Å²) in [6.07, 6.45) is 2.97. The third kappa shape index (κ3) is 4.52. The van der Waals surface area contributed by atoms with E-state index in [1.165, 1.54) is 12.1 Å². The number of esters is 1. The molecule has 0 fully saturated rings. The van der Waals surface area contributed by atoms with Crippen LogP contribution in [-0.2, 0) is 4.79 Å². The zero-order chi connectivity index (χ0) is 15.2. The van der Waals surface area contributed by atoms with E-state index in [-0.39, 0.29) is 10.8 Å². The van der Waals surface area contributed by atoms with Gasteiger partial charge in [0.05, 0.1) is 12.1 Å². The Bertz CT molecular complexity index is 664. The van der Waals surface area contributed by atoms with E-state index >= 15 is 0 Å². The Morgan fingerprint density at radius 1 is 1.10 bits per heavy atom. The molecule has 2 aromatic rings. The van der Waals surface area contributed by atoms with E-state index < -0.39 is 5.97 Å². The molecule has 2 aromatic carbocycles. The fourth-order valence-corrected chi connectivity index (χ4v) is 2.03. The molecule has 0 amide bonds. The first-order chi connectivity index (χ1) is 10.1. The molecule has 3 nitrogen and oxygen atoms in total. The normalized spacial score (nSPS) is 10.6. The zero-order valence-electron chi connectivity index (χ0n) is 11.2. The number of benzene rings is 2. The van der Waals surface area contributed by atoms with E-state index in [0.29, 0.717) is 5.02 Å². The summed E-state index contributed by atoms with van der Waals surface area (Å²) < 4.78 is 10.2. The molecule has 0 heterocycles. The van der Waals surface area contributed by atoms with Crippen molar-refractivity contribution in [3.05, 3.63) is 64.1 Å². The Morgan fingerprint density at radius 3 is 2.43 bits per heavy atom. The average Bonchev–Trinajstić information content (AvgIpc) is 2.48. The van der Waals surface area contributed by atoms with Crippen LogP contribution in [0, 0.1) is 0 Å². The summed E-state index contributed by atoms with van der Waals surface area (Å²) in [6, 6.07) is 11.9. The lowest BCUT2D eigenvalue weighted by Crippen LogP contribution is -2.03. The molecule has 108 valence electrons. The molecule has 0 aromatic heterocycles. The lowest BCUT2D eigenvalue weighted by atomic mass is 10.2. The fraction of sp³-hybridized carbons (Fsp3) is 0.0625. The maximum atomic E-state index is 11.7. The standard InChI is InChI=1S/C16H12Cl2O3/c1-20-13-6-2-11(3-7-13)4-9-16(19)21-15-8-5-12(17)10-14(15)18/h2-10H,1H3. The molecular formula is C16H12Cl2O3. The van der Waals surface area contributed by atoms with Crippen LogP contribution >= 0.6 is 23.2 Å². The highest BCUT2D eigenvalue weighted by Gasteiger charge is 2.06. The second-order valence-corrected chi connectivity index (χ2v) is 4.95. The van der Waals surface area contributed by atoms with Crippen molar-refractivity contribution >= 4 is 35.2 Å². The summed E-state index contributed by atoms with van der Waals surface area (Å²) in [4.78, 5) is 11.7. The van der Waals surface area contributed by atoms with E-state index in [1.54, 1.807) is 37.5 Å². The van der Waals surface area contributed by atoms with Gasteiger partial charge in [-0.3, -0.25) is 0 Å². The zero-order valence-corrected chi connectivity index (χ0v) is 12.7. The monoisotopic (exact) mass is 322 g/mol. The third-order valence-corrected chi connectivity index (χ3v) is 3.16. The van der Waals surface area contributed by atoms with Crippen LogP contribution in [0.5, 0.6) is 11.5 Å². The van der Waals surface area contributed by atoms with Gasteiger partial charge in [0, 0.05) is 11.1 Å². The summed E-state index contributed by atoms with van der Waals surface area (Å²) in [5.41, 5.74) is 0.856. The van der Waals surface area contributed by atoms with Gasteiger partial charge in [0.25, 0.3) is 0 Å². The minimum Gasteiger partial charge on any atom is -0.497 e. The number of carbonyl (C=O) groups is 1. The minimum atomic E-state index is -0.518. The van der Waals surface area contributed by atoms with Gasteiger partial charge >= 0.3 is 5.97 Å². The minimum absolute atomic E-state index is 0.269. The van der Waals surface area contributed by atoms with Crippen LogP contribution in [0.25, 0.3) is 6.08 Å². The molecule has 0 radical (unpaired) electrons. The first-order valence-electron chi connectivity index (χ1n) is 6.07. The largest absolute Gasteiger partial charge is 0.497 e. The Balaban J connectivity index is 2.01. The highest BCUT2D eigenvalue weighted by atomic mass is 35.5. The van der Waals surface area contributed by atoms with E-state index in [4.69, 9.17) is 32.7 Å². The van der Waals surface area contributed by atoms with Gasteiger partial charge in [-0.05, 0) is 42.0 Å². The number of carbonyl (C=O) groups excluding carboxylic acids is 1. The summed E-state index contributed by atoms with van der Waals surface area (Å²) in [6.45, 7) is 0. The molecule has 21 heavy (non-hydrogen) atoms. The van der Waals surface area contributed by atoms with Crippen LogP contribution in [0.2, 0.25) is 10.0 Å². The molecule has 5 heteroatoms. The van der Waals surface area contributed by atoms with Crippen molar-refractivity contribution in [3.63, 3.8) is 0 Å². The Morgan fingerprint density at radius 2 is 1.81 bits per heavy atom. The lowest BCUT2D eigenvalue weighted by Gasteiger charge is -2.04. The van der Waals surface area contributed by atoms with E-state index in [2.05, 4.69) is 0 Å². The molecular weight excluding hydrogens is 311 g/mol. The molecule has 2 rings (SSSR count). The number of hydrogen-bond donors (Lipinski definition) is 0. The predicted octanol–water partition coefficient (Wildman–Crippen LogP) is 4.62. The molecule has 0 spiro atoms. The van der Waals surface area contributed by atoms with Gasteiger partial charge in [0.15, 0.2) is 0 Å². The predicted molar refractivity (Wildman–Crippen MR) is 84.1 cm³/mol. The first-order valence-corrected chi connectivity index (χ1v) is 6.83. The summed E-state index contributed by atoms with van der Waals surface area (Å²) in [7, 11) is 1.60. The van der Waals surface area contributed by atoms with Gasteiger partial charge < -0.3 is 9.47 Å². The van der Waals surface area contributed by atoms with E-state index in [1.807, 2.05) is 12.1 Å². The van der Waals surface area contributed by atoms with Crippen molar-refractivity contribution in [1.29, 1.82) is 0 Å². The third-order valence-electron chi connectivity index (χ3n) is 2.63. The fourth-order valence-electron chi connectivity index (χ4n) is 1.58. The molecule has 0 aliphatic rings. The number of ether oxygens (including phenoxy) is 2.